The number of hydrogen-bond donors (Lipinski definition) is 1. The van der Waals surface area contributed by atoms with E-state index in [0.717, 1.165) is 6.54 Å². The van der Waals surface area contributed by atoms with Crippen molar-refractivity contribution in [3.63, 3.8) is 0 Å². The fourth-order valence-corrected chi connectivity index (χ4v) is 0.937. The average Bonchev–Trinajstić information content (AvgIpc) is 2.15. The van der Waals surface area contributed by atoms with Gasteiger partial charge in [0, 0.05) is 12.1 Å². The van der Waals surface area contributed by atoms with E-state index in [9.17, 15) is 4.79 Å². The van der Waals surface area contributed by atoms with E-state index in [1.54, 1.807) is 24.3 Å². The summed E-state index contributed by atoms with van der Waals surface area (Å²) in [6, 6.07) is 9.87. The van der Waals surface area contributed by atoms with Gasteiger partial charge in [0.25, 0.3) is 5.91 Å². The van der Waals surface area contributed by atoms with Crippen LogP contribution < -0.4 is 5.32 Å². The summed E-state index contributed by atoms with van der Waals surface area (Å²) in [6.45, 7) is 4.86. The molecule has 69 valence electrons. The van der Waals surface area contributed by atoms with Crippen LogP contribution in [0.3, 0.4) is 0 Å². The highest BCUT2D eigenvalue weighted by atomic mass is 16.1. The zero-order chi connectivity index (χ0) is 9.68. The van der Waals surface area contributed by atoms with E-state index < -0.39 is 0 Å². The van der Waals surface area contributed by atoms with Crippen LogP contribution in [-0.2, 0) is 0 Å². The first-order chi connectivity index (χ1) is 6.20. The molecule has 0 unspecified atom stereocenters. The van der Waals surface area contributed by atoms with Crippen LogP contribution in [0.1, 0.15) is 24.2 Å². The van der Waals surface area contributed by atoms with Crippen molar-refractivity contribution < 1.29 is 4.79 Å². The first-order valence-electron chi connectivity index (χ1n) is 4.44. The third kappa shape index (κ3) is 3.28. The normalized spacial score (nSPS) is 10.1. The number of hydrogen-bond acceptors (Lipinski definition) is 1. The molecule has 1 amide bonds. The predicted octanol–water partition coefficient (Wildman–Crippen LogP) is 1.87. The third-order valence-corrected chi connectivity index (χ3v) is 1.65. The van der Waals surface area contributed by atoms with Crippen molar-refractivity contribution in [2.45, 2.75) is 13.8 Å². The Morgan fingerprint density at radius 3 is 2.62 bits per heavy atom. The molecule has 0 saturated heterocycles. The Labute approximate surface area is 79.0 Å². The fraction of sp³-hybridized carbons (Fsp3) is 0.364. The van der Waals surface area contributed by atoms with Crippen LogP contribution in [0.15, 0.2) is 24.3 Å². The van der Waals surface area contributed by atoms with Gasteiger partial charge in [-0.1, -0.05) is 26.0 Å². The standard InChI is InChI=1S/C11H14NO/c1-9(2)8-12-11(13)10-6-4-3-5-7-10/h4-7,9H,8H2,1-2H3,(H,12,13). The van der Waals surface area contributed by atoms with E-state index in [-0.39, 0.29) is 5.91 Å². The van der Waals surface area contributed by atoms with Crippen LogP contribution in [0.4, 0.5) is 0 Å². The third-order valence-electron chi connectivity index (χ3n) is 1.65. The molecule has 2 heteroatoms. The molecule has 0 aliphatic rings. The van der Waals surface area contributed by atoms with Gasteiger partial charge in [-0.3, -0.25) is 4.79 Å². The molecule has 0 fully saturated rings. The van der Waals surface area contributed by atoms with Gasteiger partial charge >= 0.3 is 0 Å². The van der Waals surface area contributed by atoms with Gasteiger partial charge < -0.3 is 5.32 Å². The number of benzene rings is 1. The summed E-state index contributed by atoms with van der Waals surface area (Å²) in [5.74, 6) is 0.474. The highest BCUT2D eigenvalue weighted by Gasteiger charge is 2.03. The minimum absolute atomic E-state index is 0.0114. The van der Waals surface area contributed by atoms with Gasteiger partial charge in [0.15, 0.2) is 0 Å². The van der Waals surface area contributed by atoms with Crippen molar-refractivity contribution in [2.24, 2.45) is 5.92 Å². The van der Waals surface area contributed by atoms with Crippen LogP contribution in [0, 0.1) is 12.0 Å². The van der Waals surface area contributed by atoms with Gasteiger partial charge in [-0.05, 0) is 24.1 Å². The summed E-state index contributed by atoms with van der Waals surface area (Å²) in [6.07, 6.45) is 0. The van der Waals surface area contributed by atoms with Gasteiger partial charge in [0.1, 0.15) is 0 Å². The van der Waals surface area contributed by atoms with Crippen molar-refractivity contribution >= 4 is 5.91 Å². The maximum absolute atomic E-state index is 11.4. The number of nitrogens with one attached hydrogen (secondary N) is 1. The van der Waals surface area contributed by atoms with E-state index >= 15 is 0 Å². The molecule has 0 heterocycles. The molecule has 0 spiro atoms. The molecule has 1 rings (SSSR count). The van der Waals surface area contributed by atoms with Crippen molar-refractivity contribution in [3.8, 4) is 0 Å². The zero-order valence-corrected chi connectivity index (χ0v) is 8.00. The predicted molar refractivity (Wildman–Crippen MR) is 52.4 cm³/mol. The van der Waals surface area contributed by atoms with E-state index in [2.05, 4.69) is 25.2 Å². The molecule has 1 aromatic rings. The number of carbonyl (C=O) groups is 1. The highest BCUT2D eigenvalue weighted by molar-refractivity contribution is 5.94. The molecule has 2 nitrogen and oxygen atoms in total. The molecule has 1 aromatic carbocycles. The first-order valence-corrected chi connectivity index (χ1v) is 4.44. The fourth-order valence-electron chi connectivity index (χ4n) is 0.937. The lowest BCUT2D eigenvalue weighted by molar-refractivity contribution is 0.0949. The molecular formula is C11H14NO. The molecule has 13 heavy (non-hydrogen) atoms. The second kappa shape index (κ2) is 4.65. The second-order valence-corrected chi connectivity index (χ2v) is 3.39. The van der Waals surface area contributed by atoms with Crippen LogP contribution in [-0.4, -0.2) is 12.5 Å². The molecule has 0 bridgehead atoms. The first kappa shape index (κ1) is 9.78. The Morgan fingerprint density at radius 1 is 1.46 bits per heavy atom. The molecule has 1 N–H and O–H groups in total. The van der Waals surface area contributed by atoms with Crippen molar-refractivity contribution in [1.82, 2.24) is 5.32 Å². The van der Waals surface area contributed by atoms with Gasteiger partial charge in [-0.25, -0.2) is 0 Å². The maximum atomic E-state index is 11.4. The SMILES string of the molecule is CC(C)CNC(=O)c1cc[c]cc1. The van der Waals surface area contributed by atoms with Crippen LogP contribution in [0.25, 0.3) is 0 Å². The van der Waals surface area contributed by atoms with Crippen LogP contribution in [0.5, 0.6) is 0 Å². The smallest absolute Gasteiger partial charge is 0.251 e. The number of amides is 1. The van der Waals surface area contributed by atoms with E-state index in [0.29, 0.717) is 11.5 Å². The molecular weight excluding hydrogens is 162 g/mol. The van der Waals surface area contributed by atoms with Gasteiger partial charge in [-0.15, -0.1) is 0 Å². The summed E-state index contributed by atoms with van der Waals surface area (Å²) in [4.78, 5) is 11.4. The molecule has 0 aliphatic carbocycles. The minimum atomic E-state index is -0.0114. The average molecular weight is 176 g/mol. The molecule has 0 aromatic heterocycles. The Balaban J connectivity index is 2.50. The Bertz CT molecular complexity index is 267. The lowest BCUT2D eigenvalue weighted by atomic mass is 10.2. The minimum Gasteiger partial charge on any atom is -0.352 e. The second-order valence-electron chi connectivity index (χ2n) is 3.39. The lowest BCUT2D eigenvalue weighted by Crippen LogP contribution is -2.27. The molecule has 0 aliphatic heterocycles. The maximum Gasteiger partial charge on any atom is 0.251 e. The van der Waals surface area contributed by atoms with Gasteiger partial charge in [0.2, 0.25) is 0 Å². The molecule has 0 saturated carbocycles. The van der Waals surface area contributed by atoms with Crippen molar-refractivity contribution in [2.75, 3.05) is 6.54 Å². The summed E-state index contributed by atoms with van der Waals surface area (Å²) < 4.78 is 0. The largest absolute Gasteiger partial charge is 0.352 e. The van der Waals surface area contributed by atoms with E-state index in [1.165, 1.54) is 0 Å². The number of carbonyl (C=O) groups excluding carboxylic acids is 1. The summed E-state index contributed by atoms with van der Waals surface area (Å²) in [7, 11) is 0. The Morgan fingerprint density at radius 2 is 2.08 bits per heavy atom. The van der Waals surface area contributed by atoms with Crippen LogP contribution in [0.2, 0.25) is 0 Å². The van der Waals surface area contributed by atoms with Gasteiger partial charge in [-0.2, -0.15) is 0 Å². The summed E-state index contributed by atoms with van der Waals surface area (Å²) >= 11 is 0. The molecule has 0 atom stereocenters. The van der Waals surface area contributed by atoms with Crippen molar-refractivity contribution in [3.05, 3.63) is 35.9 Å². The quantitative estimate of drug-likeness (QED) is 0.748. The van der Waals surface area contributed by atoms with Crippen LogP contribution >= 0.6 is 0 Å². The van der Waals surface area contributed by atoms with E-state index in [4.69, 9.17) is 0 Å². The number of rotatable bonds is 3. The monoisotopic (exact) mass is 176 g/mol. The molecule has 1 radical (unpaired) electrons. The highest BCUT2D eigenvalue weighted by Crippen LogP contribution is 1.97. The van der Waals surface area contributed by atoms with Gasteiger partial charge in [0.05, 0.1) is 0 Å². The zero-order valence-electron chi connectivity index (χ0n) is 8.00. The summed E-state index contributed by atoms with van der Waals surface area (Å²) in [5, 5.41) is 2.85. The van der Waals surface area contributed by atoms with E-state index in [1.807, 2.05) is 0 Å². The van der Waals surface area contributed by atoms with Crippen molar-refractivity contribution in [1.29, 1.82) is 0 Å². The Hall–Kier alpha value is -1.31. The summed E-state index contributed by atoms with van der Waals surface area (Å²) in [5.41, 5.74) is 0.694. The topological polar surface area (TPSA) is 29.1 Å². The Kier molecular flexibility index (Phi) is 3.50. The lowest BCUT2D eigenvalue weighted by Gasteiger charge is -2.06.